The zero-order valence-electron chi connectivity index (χ0n) is 12.9. The number of hydrogen-bond acceptors (Lipinski definition) is 3. The van der Waals surface area contributed by atoms with Crippen LogP contribution in [0.1, 0.15) is 5.56 Å². The predicted molar refractivity (Wildman–Crippen MR) is 95.4 cm³/mol. The first kappa shape index (κ1) is 15.9. The summed E-state index contributed by atoms with van der Waals surface area (Å²) in [4.78, 5) is 0.300. The van der Waals surface area contributed by atoms with Crippen molar-refractivity contribution in [2.75, 3.05) is 6.26 Å². The van der Waals surface area contributed by atoms with E-state index < -0.39 is 10.0 Å². The van der Waals surface area contributed by atoms with Gasteiger partial charge in [-0.05, 0) is 36.9 Å². The van der Waals surface area contributed by atoms with Gasteiger partial charge in [-0.15, -0.1) is 11.8 Å². The molecule has 0 radical (unpaired) electrons. The number of thioether (sulfide) groups is 1. The molecule has 118 valence electrons. The lowest BCUT2D eigenvalue weighted by molar-refractivity contribution is 0.583. The zero-order valence-corrected chi connectivity index (χ0v) is 14.6. The molecule has 0 amide bonds. The number of aryl methyl sites for hydroxylation is 1. The van der Waals surface area contributed by atoms with E-state index in [2.05, 4.69) is 0 Å². The second kappa shape index (κ2) is 6.26. The molecule has 3 nitrogen and oxygen atoms in total. The molecule has 0 spiro atoms. The molecular formula is C18H17NO2S2. The van der Waals surface area contributed by atoms with Gasteiger partial charge in [-0.25, -0.2) is 12.4 Å². The van der Waals surface area contributed by atoms with Crippen LogP contribution >= 0.6 is 11.8 Å². The smallest absolute Gasteiger partial charge is 0.235 e. The minimum absolute atomic E-state index is 0.300. The Morgan fingerprint density at radius 3 is 2.17 bits per heavy atom. The predicted octanol–water partition coefficient (Wildman–Crippen LogP) is 4.42. The van der Waals surface area contributed by atoms with E-state index in [1.165, 1.54) is 15.7 Å². The molecule has 0 saturated carbocycles. The maximum absolute atomic E-state index is 12.9. The quantitative estimate of drug-likeness (QED) is 0.658. The molecule has 0 bridgehead atoms. The molecule has 0 aliphatic rings. The van der Waals surface area contributed by atoms with Crippen LogP contribution in [0.25, 0.3) is 11.1 Å². The molecule has 0 aliphatic heterocycles. The van der Waals surface area contributed by atoms with Crippen LogP contribution in [0.15, 0.2) is 76.8 Å². The van der Waals surface area contributed by atoms with Gasteiger partial charge in [-0.3, -0.25) is 0 Å². The number of hydrogen-bond donors (Lipinski definition) is 0. The van der Waals surface area contributed by atoms with E-state index >= 15 is 0 Å². The SMILES string of the molecule is CSc1cc(-c2ccccc2)cn1S(=O)(=O)c1ccc(C)cc1. The topological polar surface area (TPSA) is 39.1 Å². The highest BCUT2D eigenvalue weighted by molar-refractivity contribution is 7.99. The largest absolute Gasteiger partial charge is 0.268 e. The number of aromatic nitrogens is 1. The van der Waals surface area contributed by atoms with Crippen molar-refractivity contribution in [3.8, 4) is 11.1 Å². The monoisotopic (exact) mass is 343 g/mol. The molecule has 0 unspecified atom stereocenters. The molecule has 2 aromatic carbocycles. The molecule has 5 heteroatoms. The van der Waals surface area contributed by atoms with Crippen LogP contribution < -0.4 is 0 Å². The summed E-state index contributed by atoms with van der Waals surface area (Å²) in [6.45, 7) is 1.94. The number of rotatable bonds is 4. The first-order valence-corrected chi connectivity index (χ1v) is 9.83. The molecule has 3 rings (SSSR count). The third-order valence-electron chi connectivity index (χ3n) is 3.65. The first-order valence-electron chi connectivity index (χ1n) is 7.16. The lowest BCUT2D eigenvalue weighted by Crippen LogP contribution is -2.12. The second-order valence-corrected chi connectivity index (χ2v) is 7.89. The van der Waals surface area contributed by atoms with Crippen LogP contribution in [0.5, 0.6) is 0 Å². The lowest BCUT2D eigenvalue weighted by atomic mass is 10.1. The Labute approximate surface area is 141 Å². The Morgan fingerprint density at radius 2 is 1.57 bits per heavy atom. The van der Waals surface area contributed by atoms with Crippen molar-refractivity contribution in [1.29, 1.82) is 0 Å². The van der Waals surface area contributed by atoms with E-state index in [4.69, 9.17) is 0 Å². The van der Waals surface area contributed by atoms with Crippen molar-refractivity contribution in [1.82, 2.24) is 3.97 Å². The second-order valence-electron chi connectivity index (χ2n) is 5.25. The summed E-state index contributed by atoms with van der Waals surface area (Å²) in [5.74, 6) is 0. The van der Waals surface area contributed by atoms with Crippen LogP contribution in [0.4, 0.5) is 0 Å². The van der Waals surface area contributed by atoms with Crippen LogP contribution in [-0.4, -0.2) is 18.6 Å². The fourth-order valence-corrected chi connectivity index (χ4v) is 4.62. The molecule has 0 aliphatic carbocycles. The highest BCUT2D eigenvalue weighted by Gasteiger charge is 2.21. The van der Waals surface area contributed by atoms with Crippen molar-refractivity contribution in [2.24, 2.45) is 0 Å². The van der Waals surface area contributed by atoms with Crippen molar-refractivity contribution in [3.05, 3.63) is 72.4 Å². The van der Waals surface area contributed by atoms with E-state index in [0.717, 1.165) is 16.7 Å². The van der Waals surface area contributed by atoms with Crippen molar-refractivity contribution in [2.45, 2.75) is 16.8 Å². The zero-order chi connectivity index (χ0) is 16.4. The standard InChI is InChI=1S/C18H17NO2S2/c1-14-8-10-17(11-9-14)23(20,21)19-13-16(12-18(19)22-2)15-6-4-3-5-7-15/h3-13H,1-2H3. The highest BCUT2D eigenvalue weighted by atomic mass is 32.2. The van der Waals surface area contributed by atoms with E-state index in [0.29, 0.717) is 9.92 Å². The Bertz CT molecular complexity index is 911. The molecule has 1 heterocycles. The Morgan fingerprint density at radius 1 is 0.913 bits per heavy atom. The first-order chi connectivity index (χ1) is 11.0. The number of nitrogens with zero attached hydrogens (tertiary/aromatic N) is 1. The third kappa shape index (κ3) is 3.07. The summed E-state index contributed by atoms with van der Waals surface area (Å²) in [7, 11) is -3.59. The maximum atomic E-state index is 12.9. The summed E-state index contributed by atoms with van der Waals surface area (Å²) >= 11 is 1.42. The van der Waals surface area contributed by atoms with Crippen molar-refractivity contribution >= 4 is 21.8 Å². The van der Waals surface area contributed by atoms with E-state index in [-0.39, 0.29) is 0 Å². The normalized spacial score (nSPS) is 11.6. The molecular weight excluding hydrogens is 326 g/mol. The highest BCUT2D eigenvalue weighted by Crippen LogP contribution is 2.30. The molecule has 0 fully saturated rings. The van der Waals surface area contributed by atoms with Gasteiger partial charge in [0.1, 0.15) is 0 Å². The summed E-state index contributed by atoms with van der Waals surface area (Å²) in [5.41, 5.74) is 2.93. The molecule has 0 N–H and O–H groups in total. The maximum Gasteiger partial charge on any atom is 0.268 e. The average Bonchev–Trinajstić information content (AvgIpc) is 3.01. The van der Waals surface area contributed by atoms with Gasteiger partial charge in [0.25, 0.3) is 10.0 Å². The van der Waals surface area contributed by atoms with Gasteiger partial charge in [-0.2, -0.15) is 0 Å². The minimum Gasteiger partial charge on any atom is -0.235 e. The summed E-state index contributed by atoms with van der Waals surface area (Å²) < 4.78 is 27.2. The van der Waals surface area contributed by atoms with E-state index in [1.54, 1.807) is 18.3 Å². The molecule has 0 atom stereocenters. The van der Waals surface area contributed by atoms with Gasteiger partial charge in [-0.1, -0.05) is 48.0 Å². The van der Waals surface area contributed by atoms with Crippen LogP contribution in [0, 0.1) is 6.92 Å². The Kier molecular flexibility index (Phi) is 4.33. The third-order valence-corrected chi connectivity index (χ3v) is 6.18. The summed E-state index contributed by atoms with van der Waals surface area (Å²) in [6.07, 6.45) is 3.57. The van der Waals surface area contributed by atoms with E-state index in [9.17, 15) is 8.42 Å². The van der Waals surface area contributed by atoms with Crippen molar-refractivity contribution in [3.63, 3.8) is 0 Å². The van der Waals surface area contributed by atoms with Crippen molar-refractivity contribution < 1.29 is 8.42 Å². The van der Waals surface area contributed by atoms with E-state index in [1.807, 2.05) is 61.7 Å². The fraction of sp³-hybridized carbons (Fsp3) is 0.111. The molecule has 23 heavy (non-hydrogen) atoms. The Hall–Kier alpha value is -1.98. The summed E-state index contributed by atoms with van der Waals surface area (Å²) in [5, 5.41) is 0.699. The lowest BCUT2D eigenvalue weighted by Gasteiger charge is -2.09. The molecule has 3 aromatic rings. The summed E-state index contributed by atoms with van der Waals surface area (Å²) in [6, 6.07) is 18.6. The minimum atomic E-state index is -3.59. The van der Waals surface area contributed by atoms with Gasteiger partial charge in [0, 0.05) is 11.8 Å². The van der Waals surface area contributed by atoms with Gasteiger partial charge in [0.05, 0.1) is 9.92 Å². The molecule has 1 aromatic heterocycles. The van der Waals surface area contributed by atoms with Gasteiger partial charge in [0.15, 0.2) is 0 Å². The van der Waals surface area contributed by atoms with Crippen LogP contribution in [0.3, 0.4) is 0 Å². The fourth-order valence-electron chi connectivity index (χ4n) is 2.37. The van der Waals surface area contributed by atoms with Crippen LogP contribution in [-0.2, 0) is 10.0 Å². The number of benzene rings is 2. The molecule has 0 saturated heterocycles. The van der Waals surface area contributed by atoms with Gasteiger partial charge >= 0.3 is 0 Å². The van der Waals surface area contributed by atoms with Crippen LogP contribution in [0.2, 0.25) is 0 Å². The van der Waals surface area contributed by atoms with Gasteiger partial charge in [0.2, 0.25) is 0 Å². The average molecular weight is 343 g/mol. The Balaban J connectivity index is 2.12. The van der Waals surface area contributed by atoms with Gasteiger partial charge < -0.3 is 0 Å².